The smallest absolute Gasteiger partial charge is 0.241 e. The van der Waals surface area contributed by atoms with E-state index >= 15 is 0 Å². The highest BCUT2D eigenvalue weighted by Gasteiger charge is 2.23. The number of carbonyl (C=O) groups excluding carboxylic acids is 1. The fraction of sp³-hybridized carbons (Fsp3) is 0.500. The van der Waals surface area contributed by atoms with Gasteiger partial charge in [0.2, 0.25) is 10.0 Å². The quantitative estimate of drug-likeness (QED) is 0.675. The topological polar surface area (TPSA) is 89.3 Å². The van der Waals surface area contributed by atoms with Crippen LogP contribution in [0.25, 0.3) is 0 Å². The van der Waals surface area contributed by atoms with Gasteiger partial charge in [0.05, 0.1) is 10.9 Å². The number of carbonyl (C=O) groups is 1. The van der Waals surface area contributed by atoms with Gasteiger partial charge in [-0.1, -0.05) is 31.5 Å². The zero-order valence-electron chi connectivity index (χ0n) is 11.7. The van der Waals surface area contributed by atoms with E-state index in [1.165, 1.54) is 12.1 Å². The van der Waals surface area contributed by atoms with E-state index < -0.39 is 16.1 Å². The normalized spacial score (nSPS) is 13.1. The number of ketones is 1. The number of hydrogen-bond acceptors (Lipinski definition) is 4. The molecule has 6 heteroatoms. The summed E-state index contributed by atoms with van der Waals surface area (Å²) in [5.74, 6) is -0.0958. The molecule has 0 aliphatic heterocycles. The van der Waals surface area contributed by atoms with Crippen molar-refractivity contribution in [1.29, 1.82) is 0 Å². The van der Waals surface area contributed by atoms with E-state index in [0.717, 1.165) is 12.8 Å². The van der Waals surface area contributed by atoms with Crippen molar-refractivity contribution in [3.8, 4) is 0 Å². The first-order valence-electron chi connectivity index (χ1n) is 6.81. The van der Waals surface area contributed by atoms with Gasteiger partial charge in [-0.15, -0.1) is 0 Å². The van der Waals surface area contributed by atoms with Gasteiger partial charge < -0.3 is 5.73 Å². The summed E-state index contributed by atoms with van der Waals surface area (Å²) in [6, 6.07) is 7.40. The maximum atomic E-state index is 12.2. The summed E-state index contributed by atoms with van der Waals surface area (Å²) in [6.45, 7) is 2.27. The summed E-state index contributed by atoms with van der Waals surface area (Å²) in [5, 5.41) is 0. The average molecular weight is 298 g/mol. The Morgan fingerprint density at radius 1 is 1.25 bits per heavy atom. The molecule has 0 heterocycles. The molecule has 1 aromatic carbocycles. The van der Waals surface area contributed by atoms with Crippen LogP contribution in [0, 0.1) is 0 Å². The van der Waals surface area contributed by atoms with Crippen molar-refractivity contribution in [2.75, 3.05) is 6.54 Å². The van der Waals surface area contributed by atoms with Crippen molar-refractivity contribution < 1.29 is 13.2 Å². The molecule has 20 heavy (non-hydrogen) atoms. The zero-order chi connectivity index (χ0) is 15.0. The van der Waals surface area contributed by atoms with Gasteiger partial charge >= 0.3 is 0 Å². The van der Waals surface area contributed by atoms with E-state index in [1.54, 1.807) is 25.1 Å². The molecule has 0 aliphatic rings. The van der Waals surface area contributed by atoms with Gasteiger partial charge in [0.25, 0.3) is 0 Å². The number of benzene rings is 1. The lowest BCUT2D eigenvalue weighted by Gasteiger charge is -2.17. The Morgan fingerprint density at radius 3 is 2.45 bits per heavy atom. The number of nitrogens with one attached hydrogen (secondary N) is 1. The standard InChI is InChI=1S/C14H22N2O3S/c1-2-14(17)13(10-6-7-11-15)16-20(18,19)12-8-4-3-5-9-12/h3-5,8-9,13,16H,2,6-7,10-11,15H2,1H3/t13-/m0/s1. The first-order chi connectivity index (χ1) is 9.51. The second-order valence-corrected chi connectivity index (χ2v) is 6.31. The molecule has 0 saturated heterocycles. The molecule has 0 saturated carbocycles. The Morgan fingerprint density at radius 2 is 1.90 bits per heavy atom. The van der Waals surface area contributed by atoms with Crippen LogP contribution in [0.5, 0.6) is 0 Å². The second-order valence-electron chi connectivity index (χ2n) is 4.59. The molecule has 0 fully saturated rings. The van der Waals surface area contributed by atoms with Crippen LogP contribution >= 0.6 is 0 Å². The van der Waals surface area contributed by atoms with Crippen molar-refractivity contribution in [3.05, 3.63) is 30.3 Å². The third kappa shape index (κ3) is 5.03. The third-order valence-electron chi connectivity index (χ3n) is 3.03. The molecule has 0 amide bonds. The summed E-state index contributed by atoms with van der Waals surface area (Å²) in [4.78, 5) is 12.0. The Bertz CT molecular complexity index is 514. The van der Waals surface area contributed by atoms with Crippen LogP contribution in [0.2, 0.25) is 0 Å². The van der Waals surface area contributed by atoms with Gasteiger partial charge in [0.15, 0.2) is 5.78 Å². The molecular weight excluding hydrogens is 276 g/mol. The van der Waals surface area contributed by atoms with Crippen molar-refractivity contribution in [2.45, 2.75) is 43.5 Å². The number of rotatable bonds is 9. The van der Waals surface area contributed by atoms with Gasteiger partial charge in [-0.2, -0.15) is 0 Å². The Hall–Kier alpha value is -1.24. The van der Waals surface area contributed by atoms with Crippen LogP contribution in [0.15, 0.2) is 35.2 Å². The number of sulfonamides is 1. The Labute approximate surface area is 120 Å². The predicted molar refractivity (Wildman–Crippen MR) is 78.8 cm³/mol. The average Bonchev–Trinajstić information content (AvgIpc) is 2.46. The van der Waals surface area contributed by atoms with Gasteiger partial charge in [0, 0.05) is 6.42 Å². The highest BCUT2D eigenvalue weighted by molar-refractivity contribution is 7.89. The lowest BCUT2D eigenvalue weighted by atomic mass is 10.0. The van der Waals surface area contributed by atoms with Crippen molar-refractivity contribution in [3.63, 3.8) is 0 Å². The second kappa shape index (κ2) is 8.14. The lowest BCUT2D eigenvalue weighted by molar-refractivity contribution is -0.120. The highest BCUT2D eigenvalue weighted by Crippen LogP contribution is 2.11. The summed E-state index contributed by atoms with van der Waals surface area (Å²) in [5.41, 5.74) is 5.42. The molecule has 1 rings (SSSR count). The molecule has 1 aromatic rings. The third-order valence-corrected chi connectivity index (χ3v) is 4.52. The number of hydrogen-bond donors (Lipinski definition) is 2. The van der Waals surface area contributed by atoms with Gasteiger partial charge in [-0.3, -0.25) is 4.79 Å². The molecule has 0 aromatic heterocycles. The van der Waals surface area contributed by atoms with Crippen LogP contribution in [0.3, 0.4) is 0 Å². The predicted octanol–water partition coefficient (Wildman–Crippen LogP) is 1.44. The minimum absolute atomic E-state index is 0.0958. The van der Waals surface area contributed by atoms with Crippen molar-refractivity contribution >= 4 is 15.8 Å². The highest BCUT2D eigenvalue weighted by atomic mass is 32.2. The lowest BCUT2D eigenvalue weighted by Crippen LogP contribution is -2.40. The number of Topliss-reactive ketones (excluding diaryl/α,β-unsaturated/α-hetero) is 1. The summed E-state index contributed by atoms with van der Waals surface area (Å²) >= 11 is 0. The Balaban J connectivity index is 2.80. The number of unbranched alkanes of at least 4 members (excludes halogenated alkanes) is 1. The van der Waals surface area contributed by atoms with Crippen LogP contribution in [-0.4, -0.2) is 26.8 Å². The molecule has 5 nitrogen and oxygen atoms in total. The molecular formula is C14H22N2O3S. The molecule has 3 N–H and O–H groups in total. The van der Waals surface area contributed by atoms with Crippen molar-refractivity contribution in [1.82, 2.24) is 4.72 Å². The van der Waals surface area contributed by atoms with Crippen LogP contribution < -0.4 is 10.5 Å². The minimum Gasteiger partial charge on any atom is -0.330 e. The fourth-order valence-electron chi connectivity index (χ4n) is 1.88. The first-order valence-corrected chi connectivity index (χ1v) is 8.29. The van der Waals surface area contributed by atoms with Crippen LogP contribution in [0.4, 0.5) is 0 Å². The summed E-state index contributed by atoms with van der Waals surface area (Å²) < 4.78 is 26.9. The molecule has 0 aliphatic carbocycles. The van der Waals surface area contributed by atoms with E-state index in [0.29, 0.717) is 19.4 Å². The SMILES string of the molecule is CCC(=O)[C@H](CCCCN)NS(=O)(=O)c1ccccc1. The van der Waals surface area contributed by atoms with E-state index in [9.17, 15) is 13.2 Å². The van der Waals surface area contributed by atoms with Gasteiger partial charge in [-0.25, -0.2) is 13.1 Å². The maximum Gasteiger partial charge on any atom is 0.241 e. The molecule has 0 spiro atoms. The minimum atomic E-state index is -3.65. The molecule has 0 bridgehead atoms. The molecule has 0 unspecified atom stereocenters. The monoisotopic (exact) mass is 298 g/mol. The summed E-state index contributed by atoms with van der Waals surface area (Å²) in [7, 11) is -3.65. The van der Waals surface area contributed by atoms with Crippen molar-refractivity contribution in [2.24, 2.45) is 5.73 Å². The van der Waals surface area contributed by atoms with Gasteiger partial charge in [-0.05, 0) is 31.5 Å². The summed E-state index contributed by atoms with van der Waals surface area (Å²) in [6.07, 6.45) is 2.30. The van der Waals surface area contributed by atoms with E-state index in [1.807, 2.05) is 0 Å². The van der Waals surface area contributed by atoms with E-state index in [2.05, 4.69) is 4.72 Å². The zero-order valence-corrected chi connectivity index (χ0v) is 12.5. The number of nitrogens with two attached hydrogens (primary N) is 1. The molecule has 112 valence electrons. The van der Waals surface area contributed by atoms with Gasteiger partial charge in [0.1, 0.15) is 0 Å². The van der Waals surface area contributed by atoms with Crippen LogP contribution in [-0.2, 0) is 14.8 Å². The Kier molecular flexibility index (Phi) is 6.84. The van der Waals surface area contributed by atoms with Crippen LogP contribution in [0.1, 0.15) is 32.6 Å². The maximum absolute atomic E-state index is 12.2. The fourth-order valence-corrected chi connectivity index (χ4v) is 3.16. The largest absolute Gasteiger partial charge is 0.330 e. The first kappa shape index (κ1) is 16.8. The molecule has 0 radical (unpaired) electrons. The van der Waals surface area contributed by atoms with E-state index in [4.69, 9.17) is 5.73 Å². The van der Waals surface area contributed by atoms with E-state index in [-0.39, 0.29) is 10.7 Å². The molecule has 1 atom stereocenters.